The molecule has 1 atom stereocenters. The van der Waals surface area contributed by atoms with Gasteiger partial charge in [-0.05, 0) is 25.8 Å². The molecular formula is C11H23N3O. The summed E-state index contributed by atoms with van der Waals surface area (Å²) in [4.78, 5) is 11.3. The van der Waals surface area contributed by atoms with Crippen molar-refractivity contribution in [3.8, 4) is 0 Å². The van der Waals surface area contributed by atoms with Crippen molar-refractivity contribution < 1.29 is 4.79 Å². The quantitative estimate of drug-likeness (QED) is 0.602. The number of amides is 2. The van der Waals surface area contributed by atoms with E-state index in [1.807, 2.05) is 0 Å². The van der Waals surface area contributed by atoms with Gasteiger partial charge in [-0.15, -0.1) is 0 Å². The first-order valence-corrected chi connectivity index (χ1v) is 6.08. The van der Waals surface area contributed by atoms with Crippen LogP contribution in [0, 0.1) is 0 Å². The van der Waals surface area contributed by atoms with Gasteiger partial charge in [-0.3, -0.25) is 0 Å². The molecule has 1 aliphatic heterocycles. The van der Waals surface area contributed by atoms with Crippen LogP contribution in [0.2, 0.25) is 0 Å². The topological polar surface area (TPSA) is 53.2 Å². The van der Waals surface area contributed by atoms with Gasteiger partial charge in [0, 0.05) is 19.1 Å². The van der Waals surface area contributed by atoms with Gasteiger partial charge in [0.25, 0.3) is 0 Å². The molecule has 0 bridgehead atoms. The first kappa shape index (κ1) is 12.3. The van der Waals surface area contributed by atoms with Crippen LogP contribution >= 0.6 is 0 Å². The van der Waals surface area contributed by atoms with Gasteiger partial charge in [-0.2, -0.15) is 0 Å². The third-order valence-corrected chi connectivity index (χ3v) is 2.74. The van der Waals surface area contributed by atoms with E-state index in [1.165, 1.54) is 19.3 Å². The average Bonchev–Trinajstić information content (AvgIpc) is 2.28. The first-order valence-electron chi connectivity index (χ1n) is 6.08. The predicted octanol–water partition coefficient (Wildman–Crippen LogP) is 1.23. The highest BCUT2D eigenvalue weighted by atomic mass is 16.2. The van der Waals surface area contributed by atoms with Gasteiger partial charge in [0.1, 0.15) is 0 Å². The van der Waals surface area contributed by atoms with Gasteiger partial charge in [0.15, 0.2) is 0 Å². The number of hydrogen-bond acceptors (Lipinski definition) is 2. The largest absolute Gasteiger partial charge is 0.338 e. The molecule has 0 aromatic carbocycles. The minimum Gasteiger partial charge on any atom is -0.338 e. The van der Waals surface area contributed by atoms with Crippen LogP contribution in [-0.4, -0.2) is 31.7 Å². The van der Waals surface area contributed by atoms with Crippen LogP contribution in [0.3, 0.4) is 0 Å². The van der Waals surface area contributed by atoms with Crippen LogP contribution in [0.5, 0.6) is 0 Å². The second-order valence-electron chi connectivity index (χ2n) is 4.14. The monoisotopic (exact) mass is 213 g/mol. The van der Waals surface area contributed by atoms with Crippen molar-refractivity contribution in [1.29, 1.82) is 0 Å². The Morgan fingerprint density at radius 3 is 2.93 bits per heavy atom. The number of rotatable bonds is 5. The summed E-state index contributed by atoms with van der Waals surface area (Å²) in [5.41, 5.74) is 0. The smallest absolute Gasteiger partial charge is 0.314 e. The summed E-state index contributed by atoms with van der Waals surface area (Å²) in [6.45, 7) is 4.73. The molecule has 15 heavy (non-hydrogen) atoms. The van der Waals surface area contributed by atoms with Crippen LogP contribution in [0.25, 0.3) is 0 Å². The van der Waals surface area contributed by atoms with Crippen molar-refractivity contribution in [3.05, 3.63) is 0 Å². The fraction of sp³-hybridized carbons (Fsp3) is 0.909. The van der Waals surface area contributed by atoms with E-state index < -0.39 is 0 Å². The third kappa shape index (κ3) is 5.62. The molecular weight excluding hydrogens is 190 g/mol. The Labute approximate surface area is 92.2 Å². The Kier molecular flexibility index (Phi) is 6.16. The molecule has 0 spiro atoms. The molecule has 4 heteroatoms. The summed E-state index contributed by atoms with van der Waals surface area (Å²) in [6, 6.07) is 0.437. The van der Waals surface area contributed by atoms with Gasteiger partial charge >= 0.3 is 6.03 Å². The van der Waals surface area contributed by atoms with Gasteiger partial charge in [-0.25, -0.2) is 4.79 Å². The van der Waals surface area contributed by atoms with E-state index in [0.29, 0.717) is 6.04 Å². The first-order chi connectivity index (χ1) is 7.33. The van der Waals surface area contributed by atoms with Gasteiger partial charge in [-0.1, -0.05) is 19.8 Å². The number of hydrogen-bond donors (Lipinski definition) is 3. The van der Waals surface area contributed by atoms with E-state index >= 15 is 0 Å². The van der Waals surface area contributed by atoms with E-state index in [2.05, 4.69) is 22.9 Å². The maximum atomic E-state index is 11.3. The lowest BCUT2D eigenvalue weighted by Crippen LogP contribution is -2.46. The molecule has 0 aliphatic carbocycles. The standard InChI is InChI=1S/C11H23N3O/c1-2-3-7-13-11(15)14-9-10-6-4-5-8-12-10/h10,12H,2-9H2,1H3,(H2,13,14,15). The van der Waals surface area contributed by atoms with Crippen molar-refractivity contribution in [2.45, 2.75) is 45.1 Å². The van der Waals surface area contributed by atoms with E-state index in [9.17, 15) is 4.79 Å². The van der Waals surface area contributed by atoms with E-state index in [0.717, 1.165) is 32.5 Å². The SMILES string of the molecule is CCCCNC(=O)NCC1CCCCN1. The summed E-state index contributed by atoms with van der Waals surface area (Å²) < 4.78 is 0. The van der Waals surface area contributed by atoms with E-state index in [4.69, 9.17) is 0 Å². The number of carbonyl (C=O) groups excluding carboxylic acids is 1. The zero-order valence-corrected chi connectivity index (χ0v) is 9.64. The second-order valence-corrected chi connectivity index (χ2v) is 4.14. The predicted molar refractivity (Wildman–Crippen MR) is 62.0 cm³/mol. The summed E-state index contributed by atoms with van der Waals surface area (Å²) in [7, 11) is 0. The Hall–Kier alpha value is -0.770. The normalized spacial score (nSPS) is 21.0. The Bertz CT molecular complexity index is 179. The zero-order valence-electron chi connectivity index (χ0n) is 9.64. The number of unbranched alkanes of at least 4 members (excludes halogenated alkanes) is 1. The molecule has 1 unspecified atom stereocenters. The lowest BCUT2D eigenvalue weighted by Gasteiger charge is -2.23. The molecule has 1 aliphatic rings. The number of nitrogens with one attached hydrogen (secondary N) is 3. The highest BCUT2D eigenvalue weighted by molar-refractivity contribution is 5.73. The van der Waals surface area contributed by atoms with Crippen molar-refractivity contribution in [3.63, 3.8) is 0 Å². The molecule has 1 saturated heterocycles. The van der Waals surface area contributed by atoms with Crippen LogP contribution in [0.4, 0.5) is 4.79 Å². The van der Waals surface area contributed by atoms with Crippen molar-refractivity contribution in [1.82, 2.24) is 16.0 Å². The highest BCUT2D eigenvalue weighted by Crippen LogP contribution is 2.05. The van der Waals surface area contributed by atoms with Crippen LogP contribution in [0.1, 0.15) is 39.0 Å². The molecule has 88 valence electrons. The number of piperidine rings is 1. The molecule has 1 fully saturated rings. The average molecular weight is 213 g/mol. The molecule has 0 radical (unpaired) electrons. The minimum atomic E-state index is -0.0316. The van der Waals surface area contributed by atoms with Crippen LogP contribution in [-0.2, 0) is 0 Å². The molecule has 4 nitrogen and oxygen atoms in total. The van der Waals surface area contributed by atoms with Gasteiger partial charge in [0.2, 0.25) is 0 Å². The minimum absolute atomic E-state index is 0.0316. The molecule has 1 rings (SSSR count). The molecule has 0 aromatic heterocycles. The fourth-order valence-corrected chi connectivity index (χ4v) is 1.76. The van der Waals surface area contributed by atoms with Crippen molar-refractivity contribution in [2.75, 3.05) is 19.6 Å². The second kappa shape index (κ2) is 7.51. The van der Waals surface area contributed by atoms with Gasteiger partial charge < -0.3 is 16.0 Å². The number of carbonyl (C=O) groups is 1. The maximum Gasteiger partial charge on any atom is 0.314 e. The van der Waals surface area contributed by atoms with E-state index in [1.54, 1.807) is 0 Å². The van der Waals surface area contributed by atoms with E-state index in [-0.39, 0.29) is 6.03 Å². The van der Waals surface area contributed by atoms with Crippen LogP contribution in [0.15, 0.2) is 0 Å². The Morgan fingerprint density at radius 2 is 2.27 bits per heavy atom. The number of urea groups is 1. The molecule has 1 heterocycles. The third-order valence-electron chi connectivity index (χ3n) is 2.74. The Morgan fingerprint density at radius 1 is 1.40 bits per heavy atom. The van der Waals surface area contributed by atoms with Crippen molar-refractivity contribution in [2.24, 2.45) is 0 Å². The summed E-state index contributed by atoms with van der Waals surface area (Å²) >= 11 is 0. The van der Waals surface area contributed by atoms with Crippen LogP contribution < -0.4 is 16.0 Å². The summed E-state index contributed by atoms with van der Waals surface area (Å²) in [5.74, 6) is 0. The molecule has 2 amide bonds. The molecule has 0 aromatic rings. The fourth-order valence-electron chi connectivity index (χ4n) is 1.76. The molecule has 0 saturated carbocycles. The summed E-state index contributed by atoms with van der Waals surface area (Å²) in [5, 5.41) is 9.14. The lowest BCUT2D eigenvalue weighted by molar-refractivity contribution is 0.238. The molecule has 3 N–H and O–H groups in total. The summed E-state index contributed by atoms with van der Waals surface area (Å²) in [6.07, 6.45) is 5.88. The lowest BCUT2D eigenvalue weighted by atomic mass is 10.1. The zero-order chi connectivity index (χ0) is 10.9. The van der Waals surface area contributed by atoms with Crippen molar-refractivity contribution >= 4 is 6.03 Å². The maximum absolute atomic E-state index is 11.3. The van der Waals surface area contributed by atoms with Gasteiger partial charge in [0.05, 0.1) is 0 Å². The Balaban J connectivity index is 2.00. The highest BCUT2D eigenvalue weighted by Gasteiger charge is 2.12.